The number of carbonyl (C=O) groups is 1. The fourth-order valence-corrected chi connectivity index (χ4v) is 2.79. The van der Waals surface area contributed by atoms with E-state index in [-0.39, 0.29) is 22.6 Å². The zero-order valence-corrected chi connectivity index (χ0v) is 13.0. The van der Waals surface area contributed by atoms with Gasteiger partial charge in [0.15, 0.2) is 0 Å². The summed E-state index contributed by atoms with van der Waals surface area (Å²) in [6.45, 7) is 0.255. The maximum absolute atomic E-state index is 13.1. The highest BCUT2D eigenvalue weighted by molar-refractivity contribution is 9.10. The molecule has 0 saturated heterocycles. The van der Waals surface area contributed by atoms with Crippen LogP contribution in [0.2, 0.25) is 0 Å². The van der Waals surface area contributed by atoms with Crippen molar-refractivity contribution in [3.8, 4) is 0 Å². The van der Waals surface area contributed by atoms with Crippen LogP contribution < -0.4 is 5.73 Å². The average Bonchev–Trinajstić information content (AvgIpc) is 3.22. The molecule has 1 aliphatic rings. The average molecular weight is 365 g/mol. The van der Waals surface area contributed by atoms with Crippen molar-refractivity contribution < 1.29 is 18.0 Å². The summed E-state index contributed by atoms with van der Waals surface area (Å²) in [6, 6.07) is 3.36. The maximum Gasteiger partial charge on any atom is 0.417 e. The second kappa shape index (κ2) is 5.96. The van der Waals surface area contributed by atoms with Gasteiger partial charge in [0.25, 0.3) is 5.91 Å². The second-order valence-corrected chi connectivity index (χ2v) is 6.16. The van der Waals surface area contributed by atoms with Crippen LogP contribution in [0.1, 0.15) is 28.8 Å². The Morgan fingerprint density at radius 1 is 1.48 bits per heavy atom. The van der Waals surface area contributed by atoms with Crippen LogP contribution in [0.5, 0.6) is 0 Å². The number of carbonyl (C=O) groups excluding carboxylic acids is 1. The van der Waals surface area contributed by atoms with E-state index in [1.54, 1.807) is 0 Å². The third-order valence-corrected chi connectivity index (χ3v) is 4.24. The van der Waals surface area contributed by atoms with Crippen LogP contribution in [-0.2, 0) is 6.18 Å². The molecular formula is C14H16BrF3N2O. The predicted octanol–water partition coefficient (Wildman–Crippen LogP) is 3.28. The predicted molar refractivity (Wildman–Crippen MR) is 76.8 cm³/mol. The molecule has 1 saturated carbocycles. The Kier molecular flexibility index (Phi) is 4.63. The van der Waals surface area contributed by atoms with E-state index in [9.17, 15) is 18.0 Å². The van der Waals surface area contributed by atoms with Crippen molar-refractivity contribution in [1.29, 1.82) is 0 Å². The van der Waals surface area contributed by atoms with Gasteiger partial charge < -0.3 is 10.6 Å². The Balaban J connectivity index is 2.34. The minimum atomic E-state index is -4.58. The highest BCUT2D eigenvalue weighted by atomic mass is 79.9. The normalized spacial score (nSPS) is 16.7. The van der Waals surface area contributed by atoms with Gasteiger partial charge in [0, 0.05) is 24.1 Å². The number of likely N-dealkylation sites (N-methyl/N-ethyl adjacent to an activating group) is 1. The topological polar surface area (TPSA) is 46.3 Å². The van der Waals surface area contributed by atoms with Crippen molar-refractivity contribution in [2.75, 3.05) is 13.6 Å². The van der Waals surface area contributed by atoms with Crippen molar-refractivity contribution in [3.05, 3.63) is 33.8 Å². The third-order valence-electron chi connectivity index (χ3n) is 3.74. The standard InChI is InChI=1S/C14H16BrF3N2O/c1-20(12(7-19)8-2-3-8)13(21)10-5-4-9(15)6-11(10)14(16,17)18/h4-6,8,12H,2-3,7,19H2,1H3. The molecule has 1 aromatic carbocycles. The third kappa shape index (κ3) is 3.58. The van der Waals surface area contributed by atoms with Gasteiger partial charge in [-0.05, 0) is 37.0 Å². The van der Waals surface area contributed by atoms with E-state index in [0.29, 0.717) is 5.92 Å². The zero-order valence-electron chi connectivity index (χ0n) is 11.5. The minimum absolute atomic E-state index is 0.206. The van der Waals surface area contributed by atoms with Gasteiger partial charge in [-0.25, -0.2) is 0 Å². The van der Waals surface area contributed by atoms with Crippen LogP contribution >= 0.6 is 15.9 Å². The van der Waals surface area contributed by atoms with Crippen molar-refractivity contribution in [1.82, 2.24) is 4.90 Å². The van der Waals surface area contributed by atoms with E-state index in [2.05, 4.69) is 15.9 Å². The molecule has 1 amide bonds. The Morgan fingerprint density at radius 3 is 2.57 bits per heavy atom. The number of alkyl halides is 3. The van der Waals surface area contributed by atoms with Gasteiger partial charge in [0.2, 0.25) is 0 Å². The van der Waals surface area contributed by atoms with E-state index in [4.69, 9.17) is 5.73 Å². The first-order chi connectivity index (χ1) is 9.75. The molecule has 0 aliphatic heterocycles. The highest BCUT2D eigenvalue weighted by Gasteiger charge is 2.39. The largest absolute Gasteiger partial charge is 0.417 e. The molecule has 0 spiro atoms. The summed E-state index contributed by atoms with van der Waals surface area (Å²) >= 11 is 3.01. The summed E-state index contributed by atoms with van der Waals surface area (Å²) in [5, 5.41) is 0. The lowest BCUT2D eigenvalue weighted by atomic mass is 10.0. The fraction of sp³-hybridized carbons (Fsp3) is 0.500. The number of nitrogens with zero attached hydrogens (tertiary/aromatic N) is 1. The lowest BCUT2D eigenvalue weighted by molar-refractivity contribution is -0.138. The summed E-state index contributed by atoms with van der Waals surface area (Å²) in [5.41, 5.74) is 4.38. The molecule has 2 rings (SSSR count). The number of nitrogens with two attached hydrogens (primary N) is 1. The van der Waals surface area contributed by atoms with Gasteiger partial charge in [-0.15, -0.1) is 0 Å². The van der Waals surface area contributed by atoms with Crippen molar-refractivity contribution in [3.63, 3.8) is 0 Å². The zero-order chi connectivity index (χ0) is 15.8. The van der Waals surface area contributed by atoms with Gasteiger partial charge in [-0.1, -0.05) is 15.9 Å². The van der Waals surface area contributed by atoms with Gasteiger partial charge in [0.05, 0.1) is 11.1 Å². The molecule has 7 heteroatoms. The van der Waals surface area contributed by atoms with Crippen molar-refractivity contribution in [2.24, 2.45) is 11.7 Å². The number of rotatable bonds is 4. The van der Waals surface area contributed by atoms with Gasteiger partial charge in [-0.3, -0.25) is 4.79 Å². The van der Waals surface area contributed by atoms with Gasteiger partial charge in [-0.2, -0.15) is 13.2 Å². The first-order valence-electron chi connectivity index (χ1n) is 6.59. The Labute approximate surface area is 129 Å². The lowest BCUT2D eigenvalue weighted by Crippen LogP contribution is -2.43. The maximum atomic E-state index is 13.1. The summed E-state index contributed by atoms with van der Waals surface area (Å²) in [7, 11) is 1.51. The molecule has 0 heterocycles. The number of hydrogen-bond acceptors (Lipinski definition) is 2. The molecule has 1 atom stereocenters. The summed E-state index contributed by atoms with van der Waals surface area (Å²) in [4.78, 5) is 13.8. The first kappa shape index (κ1) is 16.3. The molecule has 21 heavy (non-hydrogen) atoms. The SMILES string of the molecule is CN(C(=O)c1ccc(Br)cc1C(F)(F)F)C(CN)C1CC1. The Bertz CT molecular complexity index is 544. The molecule has 1 unspecified atom stereocenters. The van der Waals surface area contributed by atoms with E-state index >= 15 is 0 Å². The molecule has 116 valence electrons. The number of amides is 1. The number of benzene rings is 1. The second-order valence-electron chi connectivity index (χ2n) is 5.24. The van der Waals surface area contributed by atoms with Crippen LogP contribution in [0.4, 0.5) is 13.2 Å². The van der Waals surface area contributed by atoms with Gasteiger partial charge >= 0.3 is 6.18 Å². The molecule has 0 radical (unpaired) electrons. The summed E-state index contributed by atoms with van der Waals surface area (Å²) in [5.74, 6) is -0.342. The molecule has 1 fully saturated rings. The highest BCUT2D eigenvalue weighted by Crippen LogP contribution is 2.37. The van der Waals surface area contributed by atoms with Crippen LogP contribution in [-0.4, -0.2) is 30.4 Å². The smallest absolute Gasteiger partial charge is 0.337 e. The van der Waals surface area contributed by atoms with E-state index in [1.807, 2.05) is 0 Å². The fourth-order valence-electron chi connectivity index (χ4n) is 2.43. The van der Waals surface area contributed by atoms with Crippen LogP contribution in [0.3, 0.4) is 0 Å². The van der Waals surface area contributed by atoms with Crippen LogP contribution in [0.25, 0.3) is 0 Å². The van der Waals surface area contributed by atoms with E-state index in [0.717, 1.165) is 18.9 Å². The monoisotopic (exact) mass is 364 g/mol. The molecule has 0 aromatic heterocycles. The first-order valence-corrected chi connectivity index (χ1v) is 7.39. The van der Waals surface area contributed by atoms with E-state index in [1.165, 1.54) is 24.1 Å². The molecule has 3 nitrogen and oxygen atoms in total. The van der Waals surface area contributed by atoms with Crippen molar-refractivity contribution >= 4 is 21.8 Å². The van der Waals surface area contributed by atoms with E-state index < -0.39 is 17.6 Å². The van der Waals surface area contributed by atoms with Gasteiger partial charge in [0.1, 0.15) is 0 Å². The van der Waals surface area contributed by atoms with Crippen LogP contribution in [0, 0.1) is 5.92 Å². The quantitative estimate of drug-likeness (QED) is 0.890. The molecule has 0 bridgehead atoms. The summed E-state index contributed by atoms with van der Waals surface area (Å²) in [6.07, 6.45) is -2.65. The molecule has 1 aromatic rings. The summed E-state index contributed by atoms with van der Waals surface area (Å²) < 4.78 is 39.6. The lowest BCUT2D eigenvalue weighted by Gasteiger charge is -2.28. The number of halogens is 4. The molecular weight excluding hydrogens is 349 g/mol. The number of hydrogen-bond donors (Lipinski definition) is 1. The molecule has 1 aliphatic carbocycles. The van der Waals surface area contributed by atoms with Crippen LogP contribution in [0.15, 0.2) is 22.7 Å². The van der Waals surface area contributed by atoms with Crippen molar-refractivity contribution in [2.45, 2.75) is 25.1 Å². The Morgan fingerprint density at radius 2 is 2.10 bits per heavy atom. The Hall–Kier alpha value is -1.08. The molecule has 2 N–H and O–H groups in total. The minimum Gasteiger partial charge on any atom is -0.337 e.